The Bertz CT molecular complexity index is 1400. The fourth-order valence-electron chi connectivity index (χ4n) is 3.29. The maximum atomic E-state index is 12.9. The van der Waals surface area contributed by atoms with Crippen molar-refractivity contribution in [3.63, 3.8) is 0 Å². The predicted octanol–water partition coefficient (Wildman–Crippen LogP) is 2.09. The molecular formula is C24H21N5O4S. The molecule has 172 valence electrons. The molecule has 34 heavy (non-hydrogen) atoms. The van der Waals surface area contributed by atoms with Gasteiger partial charge < -0.3 is 5.32 Å². The number of aromatic nitrogens is 2. The molecule has 0 saturated heterocycles. The van der Waals surface area contributed by atoms with Crippen molar-refractivity contribution in [1.29, 1.82) is 0 Å². The lowest BCUT2D eigenvalue weighted by Crippen LogP contribution is -2.51. The van der Waals surface area contributed by atoms with Crippen LogP contribution in [0, 0.1) is 0 Å². The van der Waals surface area contributed by atoms with Gasteiger partial charge in [-0.25, -0.2) is 4.68 Å². The number of carbonyl (C=O) groups is 3. The first-order valence-corrected chi connectivity index (χ1v) is 11.3. The van der Waals surface area contributed by atoms with Gasteiger partial charge in [0, 0.05) is 5.39 Å². The highest BCUT2D eigenvalue weighted by Crippen LogP contribution is 2.14. The summed E-state index contributed by atoms with van der Waals surface area (Å²) in [6.07, 6.45) is 0. The third-order valence-corrected chi connectivity index (χ3v) is 5.91. The molecule has 0 aliphatic heterocycles. The Morgan fingerprint density at radius 3 is 2.32 bits per heavy atom. The predicted molar refractivity (Wildman–Crippen MR) is 128 cm³/mol. The van der Waals surface area contributed by atoms with Gasteiger partial charge in [-0.1, -0.05) is 54.6 Å². The molecule has 0 spiro atoms. The van der Waals surface area contributed by atoms with Crippen LogP contribution in [0.15, 0.2) is 76.9 Å². The van der Waals surface area contributed by atoms with Crippen LogP contribution in [0.25, 0.3) is 10.8 Å². The zero-order chi connectivity index (χ0) is 24.1. The molecule has 1 atom stereocenters. The lowest BCUT2D eigenvalue weighted by molar-refractivity contribution is -0.123. The molecule has 2 aromatic heterocycles. The summed E-state index contributed by atoms with van der Waals surface area (Å²) in [4.78, 5) is 50.8. The second-order valence-electron chi connectivity index (χ2n) is 7.46. The van der Waals surface area contributed by atoms with Crippen molar-refractivity contribution >= 4 is 39.8 Å². The summed E-state index contributed by atoms with van der Waals surface area (Å²) in [5.74, 6) is -1.69. The molecule has 3 N–H and O–H groups in total. The number of rotatable bonds is 6. The lowest BCUT2D eigenvalue weighted by atomic mass is 10.1. The number of hydrogen-bond donors (Lipinski definition) is 3. The van der Waals surface area contributed by atoms with Crippen LogP contribution >= 0.6 is 11.3 Å². The number of hydrazine groups is 1. The third kappa shape index (κ3) is 5.02. The number of amides is 3. The highest BCUT2D eigenvalue weighted by molar-refractivity contribution is 7.12. The maximum Gasteiger partial charge on any atom is 0.290 e. The minimum atomic E-state index is -0.897. The van der Waals surface area contributed by atoms with Crippen molar-refractivity contribution in [3.05, 3.63) is 98.6 Å². The average molecular weight is 476 g/mol. The molecule has 2 heterocycles. The number of nitrogens with zero attached hydrogens (tertiary/aromatic N) is 2. The highest BCUT2D eigenvalue weighted by atomic mass is 32.1. The number of hydrogen-bond acceptors (Lipinski definition) is 6. The Morgan fingerprint density at radius 1 is 0.912 bits per heavy atom. The molecule has 4 rings (SSSR count). The number of carbonyl (C=O) groups excluding carboxylic acids is 3. The molecule has 1 unspecified atom stereocenters. The Labute approximate surface area is 198 Å². The number of thiophene rings is 1. The summed E-state index contributed by atoms with van der Waals surface area (Å²) in [5.41, 5.74) is 5.14. The number of benzene rings is 2. The van der Waals surface area contributed by atoms with Crippen LogP contribution in [0.1, 0.15) is 32.6 Å². The zero-order valence-corrected chi connectivity index (χ0v) is 19.0. The maximum absolute atomic E-state index is 12.9. The van der Waals surface area contributed by atoms with E-state index in [-0.39, 0.29) is 23.7 Å². The molecule has 0 bridgehead atoms. The van der Waals surface area contributed by atoms with Gasteiger partial charge in [0.15, 0.2) is 5.69 Å². The smallest absolute Gasteiger partial charge is 0.290 e. The largest absolute Gasteiger partial charge is 0.340 e. The van der Waals surface area contributed by atoms with Gasteiger partial charge in [-0.05, 0) is 30.0 Å². The van der Waals surface area contributed by atoms with Gasteiger partial charge in [0.2, 0.25) is 0 Å². The Hall–Kier alpha value is -4.31. The number of fused-ring (bicyclic) bond motifs is 1. The van der Waals surface area contributed by atoms with Crippen molar-refractivity contribution < 1.29 is 14.4 Å². The first kappa shape index (κ1) is 22.9. The minimum absolute atomic E-state index is 0.0123. The third-order valence-electron chi connectivity index (χ3n) is 5.04. The van der Waals surface area contributed by atoms with E-state index in [1.165, 1.54) is 22.9 Å². The summed E-state index contributed by atoms with van der Waals surface area (Å²) in [6, 6.07) is 18.4. The van der Waals surface area contributed by atoms with E-state index < -0.39 is 17.9 Å². The van der Waals surface area contributed by atoms with E-state index in [0.29, 0.717) is 15.6 Å². The fourth-order valence-corrected chi connectivity index (χ4v) is 3.92. The van der Waals surface area contributed by atoms with Gasteiger partial charge >= 0.3 is 0 Å². The van der Waals surface area contributed by atoms with Gasteiger partial charge in [0.1, 0.15) is 6.04 Å². The Balaban J connectivity index is 1.51. The van der Waals surface area contributed by atoms with Crippen molar-refractivity contribution in [2.45, 2.75) is 19.5 Å². The quantitative estimate of drug-likeness (QED) is 0.369. The Kier molecular flexibility index (Phi) is 6.79. The molecule has 3 amide bonds. The van der Waals surface area contributed by atoms with E-state index in [1.807, 2.05) is 30.3 Å². The standard InChI is InChI=1S/C24H21N5O4S/c1-15(25-22(31)19-12-7-13-34-19)21(30)26-27-23(32)20-17-10-5-6-11-18(17)24(33)29(28-20)14-16-8-3-2-4-9-16/h2-13,15H,14H2,1H3,(H,25,31)(H,26,30)(H,27,32). The van der Waals surface area contributed by atoms with E-state index in [9.17, 15) is 19.2 Å². The second-order valence-corrected chi connectivity index (χ2v) is 8.41. The molecular weight excluding hydrogens is 454 g/mol. The molecule has 10 heteroatoms. The van der Waals surface area contributed by atoms with Crippen LogP contribution in [0.5, 0.6) is 0 Å². The van der Waals surface area contributed by atoms with Crippen LogP contribution in [-0.2, 0) is 11.3 Å². The van der Waals surface area contributed by atoms with Crippen LogP contribution in [0.2, 0.25) is 0 Å². The normalized spacial score (nSPS) is 11.6. The van der Waals surface area contributed by atoms with Crippen LogP contribution in [0.3, 0.4) is 0 Å². The van der Waals surface area contributed by atoms with Crippen molar-refractivity contribution in [2.24, 2.45) is 0 Å². The first-order chi connectivity index (χ1) is 16.4. The van der Waals surface area contributed by atoms with Crippen LogP contribution < -0.4 is 21.7 Å². The van der Waals surface area contributed by atoms with E-state index in [0.717, 1.165) is 5.56 Å². The molecule has 0 aliphatic rings. The summed E-state index contributed by atoms with van der Waals surface area (Å²) in [5, 5.41) is 9.30. The van der Waals surface area contributed by atoms with Crippen molar-refractivity contribution in [3.8, 4) is 0 Å². The van der Waals surface area contributed by atoms with E-state index in [4.69, 9.17) is 0 Å². The summed E-state index contributed by atoms with van der Waals surface area (Å²) in [7, 11) is 0. The number of nitrogens with one attached hydrogen (secondary N) is 3. The monoisotopic (exact) mass is 475 g/mol. The van der Waals surface area contributed by atoms with Gasteiger partial charge in [0.05, 0.1) is 16.8 Å². The summed E-state index contributed by atoms with van der Waals surface area (Å²) in [6.45, 7) is 1.68. The molecule has 0 fully saturated rings. The molecule has 0 aliphatic carbocycles. The van der Waals surface area contributed by atoms with Gasteiger partial charge in [-0.15, -0.1) is 11.3 Å². The van der Waals surface area contributed by atoms with E-state index >= 15 is 0 Å². The molecule has 4 aromatic rings. The van der Waals surface area contributed by atoms with E-state index in [1.54, 1.807) is 41.8 Å². The average Bonchev–Trinajstić information content (AvgIpc) is 3.40. The van der Waals surface area contributed by atoms with E-state index in [2.05, 4.69) is 21.3 Å². The molecule has 0 radical (unpaired) electrons. The lowest BCUT2D eigenvalue weighted by Gasteiger charge is -2.15. The topological polar surface area (TPSA) is 122 Å². The second kappa shape index (κ2) is 10.1. The van der Waals surface area contributed by atoms with Crippen molar-refractivity contribution in [1.82, 2.24) is 25.9 Å². The van der Waals surface area contributed by atoms with Crippen LogP contribution in [0.4, 0.5) is 0 Å². The molecule has 2 aromatic carbocycles. The first-order valence-electron chi connectivity index (χ1n) is 10.4. The summed E-state index contributed by atoms with van der Waals surface area (Å²) < 4.78 is 1.22. The Morgan fingerprint density at radius 2 is 1.62 bits per heavy atom. The van der Waals surface area contributed by atoms with Crippen molar-refractivity contribution in [2.75, 3.05) is 0 Å². The molecule has 9 nitrogen and oxygen atoms in total. The van der Waals surface area contributed by atoms with Gasteiger partial charge in [0.25, 0.3) is 23.3 Å². The minimum Gasteiger partial charge on any atom is -0.340 e. The highest BCUT2D eigenvalue weighted by Gasteiger charge is 2.20. The fraction of sp³-hybridized carbons (Fsp3) is 0.125. The van der Waals surface area contributed by atoms with Crippen LogP contribution in [-0.4, -0.2) is 33.5 Å². The summed E-state index contributed by atoms with van der Waals surface area (Å²) >= 11 is 1.25. The molecule has 0 saturated carbocycles. The SMILES string of the molecule is CC(NC(=O)c1cccs1)C(=O)NNC(=O)c1nn(Cc2ccccc2)c(=O)c2ccccc12. The zero-order valence-electron chi connectivity index (χ0n) is 18.1. The van der Waals surface area contributed by atoms with Gasteiger partial charge in [-0.2, -0.15) is 5.10 Å². The van der Waals surface area contributed by atoms with Gasteiger partial charge in [-0.3, -0.25) is 30.0 Å².